The second-order valence-electron chi connectivity index (χ2n) is 4.95. The Morgan fingerprint density at radius 2 is 1.82 bits per heavy atom. The molecule has 0 radical (unpaired) electrons. The third-order valence-corrected chi connectivity index (χ3v) is 3.61. The first-order chi connectivity index (χ1) is 10.7. The molecule has 2 rings (SSSR count). The van der Waals surface area contributed by atoms with Crippen molar-refractivity contribution in [3.8, 4) is 5.75 Å². The smallest absolute Gasteiger partial charge is 0.193 e. The zero-order chi connectivity index (χ0) is 15.9. The minimum absolute atomic E-state index is 0.107. The van der Waals surface area contributed by atoms with Crippen molar-refractivity contribution < 1.29 is 13.9 Å². The molecule has 2 aromatic carbocycles. The lowest BCUT2D eigenvalue weighted by Gasteiger charge is -2.12. The zero-order valence-corrected chi connectivity index (χ0v) is 14.0. The summed E-state index contributed by atoms with van der Waals surface area (Å²) in [4.78, 5) is 12.5. The van der Waals surface area contributed by atoms with Gasteiger partial charge in [0.25, 0.3) is 0 Å². The molecule has 22 heavy (non-hydrogen) atoms. The van der Waals surface area contributed by atoms with E-state index in [0.29, 0.717) is 17.7 Å². The van der Waals surface area contributed by atoms with Gasteiger partial charge in [-0.3, -0.25) is 4.79 Å². The van der Waals surface area contributed by atoms with E-state index in [1.165, 1.54) is 24.3 Å². The number of aryl methyl sites for hydroxylation is 1. The lowest BCUT2D eigenvalue weighted by Crippen LogP contribution is -2.05. The number of ether oxygens (including phenoxy) is 1. The highest BCUT2D eigenvalue weighted by molar-refractivity contribution is 9.09. The van der Waals surface area contributed by atoms with E-state index >= 15 is 0 Å². The predicted molar refractivity (Wildman–Crippen MR) is 89.6 cm³/mol. The van der Waals surface area contributed by atoms with Crippen LogP contribution in [0, 0.1) is 5.82 Å². The number of alkyl halides is 1. The number of ketones is 1. The Labute approximate surface area is 138 Å². The number of benzene rings is 2. The molecule has 0 saturated carbocycles. The third kappa shape index (κ3) is 4.17. The molecule has 0 aliphatic rings. The molecule has 2 aromatic rings. The molecule has 0 aromatic heterocycles. The highest BCUT2D eigenvalue weighted by atomic mass is 79.9. The summed E-state index contributed by atoms with van der Waals surface area (Å²) in [5.41, 5.74) is 2.11. The molecule has 0 unspecified atom stereocenters. The Kier molecular flexibility index (Phi) is 6.13. The molecule has 0 fully saturated rings. The number of carbonyl (C=O) groups is 1. The molecule has 0 atom stereocenters. The lowest BCUT2D eigenvalue weighted by molar-refractivity contribution is 0.103. The minimum Gasteiger partial charge on any atom is -0.492 e. The molecule has 0 heterocycles. The largest absolute Gasteiger partial charge is 0.492 e. The predicted octanol–water partition coefficient (Wildman–Crippen LogP) is 4.78. The van der Waals surface area contributed by atoms with Crippen LogP contribution in [0.2, 0.25) is 0 Å². The molecule has 0 amide bonds. The van der Waals surface area contributed by atoms with Crippen molar-refractivity contribution in [3.63, 3.8) is 0 Å². The van der Waals surface area contributed by atoms with Crippen molar-refractivity contribution >= 4 is 21.7 Å². The number of rotatable bonds is 7. The van der Waals surface area contributed by atoms with Crippen LogP contribution in [-0.4, -0.2) is 17.7 Å². The van der Waals surface area contributed by atoms with Crippen LogP contribution >= 0.6 is 15.9 Å². The normalized spacial score (nSPS) is 10.5. The maximum atomic E-state index is 13.0. The minimum atomic E-state index is -0.346. The summed E-state index contributed by atoms with van der Waals surface area (Å²) in [6.07, 6.45) is 1.82. The molecule has 0 N–H and O–H groups in total. The van der Waals surface area contributed by atoms with Crippen LogP contribution in [0.3, 0.4) is 0 Å². The van der Waals surface area contributed by atoms with Crippen molar-refractivity contribution in [2.75, 3.05) is 11.9 Å². The molecule has 0 spiro atoms. The summed E-state index contributed by atoms with van der Waals surface area (Å²) >= 11 is 3.33. The van der Waals surface area contributed by atoms with Gasteiger partial charge >= 0.3 is 0 Å². The molecule has 0 saturated heterocycles. The number of carbonyl (C=O) groups excluding carboxylic acids is 1. The Morgan fingerprint density at radius 3 is 2.45 bits per heavy atom. The Hall–Kier alpha value is -1.68. The van der Waals surface area contributed by atoms with Crippen LogP contribution in [0.15, 0.2) is 42.5 Å². The van der Waals surface area contributed by atoms with Gasteiger partial charge < -0.3 is 4.74 Å². The van der Waals surface area contributed by atoms with Gasteiger partial charge in [0.15, 0.2) is 5.78 Å². The molecule has 0 aliphatic carbocycles. The SMILES string of the molecule is CCCc1cc(C(=O)c2ccc(F)cc2)ccc1OCCBr. The van der Waals surface area contributed by atoms with E-state index in [1.807, 2.05) is 12.1 Å². The fourth-order valence-electron chi connectivity index (χ4n) is 2.24. The van der Waals surface area contributed by atoms with Crippen molar-refractivity contribution in [1.82, 2.24) is 0 Å². The van der Waals surface area contributed by atoms with E-state index in [4.69, 9.17) is 4.74 Å². The van der Waals surface area contributed by atoms with E-state index in [0.717, 1.165) is 29.5 Å². The van der Waals surface area contributed by atoms with Crippen LogP contribution in [-0.2, 0) is 6.42 Å². The van der Waals surface area contributed by atoms with E-state index in [1.54, 1.807) is 6.07 Å². The fraction of sp³-hybridized carbons (Fsp3) is 0.278. The highest BCUT2D eigenvalue weighted by Crippen LogP contribution is 2.23. The molecule has 0 aliphatic heterocycles. The van der Waals surface area contributed by atoms with Gasteiger partial charge in [0, 0.05) is 16.5 Å². The Morgan fingerprint density at radius 1 is 1.14 bits per heavy atom. The fourth-order valence-corrected chi connectivity index (χ4v) is 2.40. The summed E-state index contributed by atoms with van der Waals surface area (Å²) in [5, 5.41) is 0.759. The second-order valence-corrected chi connectivity index (χ2v) is 5.74. The molecular weight excluding hydrogens is 347 g/mol. The van der Waals surface area contributed by atoms with Gasteiger partial charge in [0.2, 0.25) is 0 Å². The average molecular weight is 365 g/mol. The maximum Gasteiger partial charge on any atom is 0.193 e. The number of hydrogen-bond donors (Lipinski definition) is 0. The van der Waals surface area contributed by atoms with E-state index in [2.05, 4.69) is 22.9 Å². The first-order valence-electron chi connectivity index (χ1n) is 7.27. The second kappa shape index (κ2) is 8.08. The van der Waals surface area contributed by atoms with Crippen molar-refractivity contribution in [1.29, 1.82) is 0 Å². The molecule has 2 nitrogen and oxygen atoms in total. The summed E-state index contributed by atoms with van der Waals surface area (Å²) < 4.78 is 18.6. The van der Waals surface area contributed by atoms with E-state index in [9.17, 15) is 9.18 Å². The summed E-state index contributed by atoms with van der Waals surface area (Å²) in [6, 6.07) is 11.1. The van der Waals surface area contributed by atoms with Crippen molar-refractivity contribution in [2.45, 2.75) is 19.8 Å². The van der Waals surface area contributed by atoms with Crippen LogP contribution in [0.25, 0.3) is 0 Å². The average Bonchev–Trinajstić information content (AvgIpc) is 2.54. The number of hydrogen-bond acceptors (Lipinski definition) is 2. The Balaban J connectivity index is 2.28. The highest BCUT2D eigenvalue weighted by Gasteiger charge is 2.12. The molecule has 116 valence electrons. The van der Waals surface area contributed by atoms with E-state index < -0.39 is 0 Å². The zero-order valence-electron chi connectivity index (χ0n) is 12.4. The molecule has 0 bridgehead atoms. The quantitative estimate of drug-likeness (QED) is 0.521. The van der Waals surface area contributed by atoms with Crippen molar-refractivity contribution in [2.24, 2.45) is 0 Å². The first-order valence-corrected chi connectivity index (χ1v) is 8.39. The van der Waals surface area contributed by atoms with Gasteiger partial charge in [-0.05, 0) is 54.4 Å². The standard InChI is InChI=1S/C18H18BrFO2/c1-2-3-14-12-15(6-9-17(14)22-11-10-19)18(21)13-4-7-16(20)8-5-13/h4-9,12H,2-3,10-11H2,1H3. The first kappa shape index (κ1) is 16.7. The van der Waals surface area contributed by atoms with Crippen LogP contribution < -0.4 is 4.74 Å². The maximum absolute atomic E-state index is 13.0. The van der Waals surface area contributed by atoms with Crippen LogP contribution in [0.1, 0.15) is 34.8 Å². The molecular formula is C18H18BrFO2. The summed E-state index contributed by atoms with van der Waals surface area (Å²) in [7, 11) is 0. The third-order valence-electron chi connectivity index (χ3n) is 3.28. The number of halogens is 2. The van der Waals surface area contributed by atoms with Gasteiger partial charge in [0.05, 0.1) is 6.61 Å². The summed E-state index contributed by atoms with van der Waals surface area (Å²) in [6.45, 7) is 2.67. The Bertz CT molecular complexity index is 638. The lowest BCUT2D eigenvalue weighted by atomic mass is 9.99. The summed E-state index contributed by atoms with van der Waals surface area (Å²) in [5.74, 6) is 0.364. The monoisotopic (exact) mass is 364 g/mol. The van der Waals surface area contributed by atoms with E-state index in [-0.39, 0.29) is 11.6 Å². The topological polar surface area (TPSA) is 26.3 Å². The van der Waals surface area contributed by atoms with Gasteiger partial charge in [-0.1, -0.05) is 29.3 Å². The van der Waals surface area contributed by atoms with Crippen LogP contribution in [0.4, 0.5) is 4.39 Å². The van der Waals surface area contributed by atoms with Gasteiger partial charge in [-0.2, -0.15) is 0 Å². The van der Waals surface area contributed by atoms with Crippen LogP contribution in [0.5, 0.6) is 5.75 Å². The van der Waals surface area contributed by atoms with Gasteiger partial charge in [-0.15, -0.1) is 0 Å². The molecule has 4 heteroatoms. The van der Waals surface area contributed by atoms with Gasteiger partial charge in [0.1, 0.15) is 11.6 Å². The van der Waals surface area contributed by atoms with Crippen molar-refractivity contribution in [3.05, 3.63) is 65.0 Å². The van der Waals surface area contributed by atoms with Gasteiger partial charge in [-0.25, -0.2) is 4.39 Å².